The molecule has 2 nitrogen and oxygen atoms in total. The van der Waals surface area contributed by atoms with Crippen LogP contribution in [0.1, 0.15) is 31.9 Å². The second-order valence-electron chi connectivity index (χ2n) is 4.20. The number of hydrogen-bond donors (Lipinski definition) is 0. The second kappa shape index (κ2) is 3.88. The molecule has 1 aromatic heterocycles. The largest absolute Gasteiger partial charge is 0.371 e. The van der Waals surface area contributed by atoms with Gasteiger partial charge in [0.15, 0.2) is 0 Å². The van der Waals surface area contributed by atoms with Crippen LogP contribution >= 0.6 is 0 Å². The zero-order valence-electron chi connectivity index (χ0n) is 8.79. The van der Waals surface area contributed by atoms with E-state index in [1.165, 1.54) is 5.56 Å². The Labute approximate surface area is 80.0 Å². The average Bonchev–Trinajstić information content (AvgIpc) is 2.01. The smallest absolute Gasteiger partial charge is 0.0741 e. The first-order chi connectivity index (χ1) is 5.99. The molecular formula is C11H17NO. The van der Waals surface area contributed by atoms with Crippen molar-refractivity contribution in [2.45, 2.75) is 39.9 Å². The molecule has 0 aromatic carbocycles. The summed E-state index contributed by atoms with van der Waals surface area (Å²) in [5.74, 6) is 0. The van der Waals surface area contributed by atoms with Crippen molar-refractivity contribution in [1.82, 2.24) is 4.98 Å². The van der Waals surface area contributed by atoms with E-state index in [9.17, 15) is 0 Å². The van der Waals surface area contributed by atoms with Crippen molar-refractivity contribution in [3.63, 3.8) is 0 Å². The number of pyridine rings is 1. The van der Waals surface area contributed by atoms with Gasteiger partial charge in [-0.05, 0) is 44.9 Å². The highest BCUT2D eigenvalue weighted by molar-refractivity contribution is 5.20. The zero-order valence-corrected chi connectivity index (χ0v) is 8.79. The molecule has 0 aliphatic carbocycles. The summed E-state index contributed by atoms with van der Waals surface area (Å²) in [6, 6.07) is 2.00. The predicted octanol–water partition coefficient (Wildman–Crippen LogP) is 2.71. The molecular weight excluding hydrogens is 162 g/mol. The van der Waals surface area contributed by atoms with Crippen molar-refractivity contribution >= 4 is 0 Å². The molecule has 0 aliphatic rings. The Kier molecular flexibility index (Phi) is 3.04. The topological polar surface area (TPSA) is 22.1 Å². The molecule has 0 N–H and O–H groups in total. The number of rotatable bonds is 2. The molecule has 0 saturated heterocycles. The summed E-state index contributed by atoms with van der Waals surface area (Å²) in [4.78, 5) is 4.07. The number of aromatic nitrogens is 1. The van der Waals surface area contributed by atoms with Crippen molar-refractivity contribution in [2.24, 2.45) is 0 Å². The van der Waals surface area contributed by atoms with Gasteiger partial charge in [-0.2, -0.15) is 0 Å². The highest BCUT2D eigenvalue weighted by atomic mass is 16.5. The van der Waals surface area contributed by atoms with E-state index >= 15 is 0 Å². The van der Waals surface area contributed by atoms with Crippen LogP contribution in [0.25, 0.3) is 0 Å². The van der Waals surface area contributed by atoms with E-state index in [0.717, 1.165) is 5.56 Å². The minimum Gasteiger partial charge on any atom is -0.371 e. The molecule has 0 amide bonds. The maximum atomic E-state index is 5.66. The maximum Gasteiger partial charge on any atom is 0.0741 e. The molecule has 1 rings (SSSR count). The van der Waals surface area contributed by atoms with Crippen LogP contribution in [0.3, 0.4) is 0 Å². The summed E-state index contributed by atoms with van der Waals surface area (Å²) in [6.45, 7) is 8.88. The van der Waals surface area contributed by atoms with E-state index < -0.39 is 0 Å². The molecule has 0 atom stereocenters. The molecule has 1 aromatic rings. The second-order valence-corrected chi connectivity index (χ2v) is 4.20. The van der Waals surface area contributed by atoms with Crippen molar-refractivity contribution in [3.8, 4) is 0 Å². The Balaban J connectivity index is 2.60. The van der Waals surface area contributed by atoms with Crippen LogP contribution < -0.4 is 0 Å². The van der Waals surface area contributed by atoms with Gasteiger partial charge in [-0.3, -0.25) is 4.98 Å². The van der Waals surface area contributed by atoms with Gasteiger partial charge in [0, 0.05) is 12.4 Å². The van der Waals surface area contributed by atoms with Gasteiger partial charge in [0.25, 0.3) is 0 Å². The summed E-state index contributed by atoms with van der Waals surface area (Å²) >= 11 is 0. The van der Waals surface area contributed by atoms with Crippen LogP contribution in [0, 0.1) is 6.92 Å². The molecule has 0 fully saturated rings. The SMILES string of the molecule is Cc1ccncc1COC(C)(C)C. The summed E-state index contributed by atoms with van der Waals surface area (Å²) in [6.07, 6.45) is 3.66. The summed E-state index contributed by atoms with van der Waals surface area (Å²) < 4.78 is 5.66. The predicted molar refractivity (Wildman–Crippen MR) is 53.5 cm³/mol. The Morgan fingerprint density at radius 3 is 2.62 bits per heavy atom. The van der Waals surface area contributed by atoms with Gasteiger partial charge in [0.1, 0.15) is 0 Å². The maximum absolute atomic E-state index is 5.66. The first kappa shape index (κ1) is 10.2. The Morgan fingerprint density at radius 1 is 1.38 bits per heavy atom. The fourth-order valence-electron chi connectivity index (χ4n) is 0.942. The van der Waals surface area contributed by atoms with Crippen LogP contribution in [0.4, 0.5) is 0 Å². The molecule has 1 heterocycles. The van der Waals surface area contributed by atoms with Crippen LogP contribution in [0.2, 0.25) is 0 Å². The van der Waals surface area contributed by atoms with Crippen molar-refractivity contribution < 1.29 is 4.74 Å². The lowest BCUT2D eigenvalue weighted by Crippen LogP contribution is -2.19. The lowest BCUT2D eigenvalue weighted by atomic mass is 10.1. The van der Waals surface area contributed by atoms with Gasteiger partial charge in [-0.25, -0.2) is 0 Å². The first-order valence-electron chi connectivity index (χ1n) is 4.52. The molecule has 0 unspecified atom stereocenters. The Bertz CT molecular complexity index is 276. The Morgan fingerprint density at radius 2 is 2.08 bits per heavy atom. The van der Waals surface area contributed by atoms with Crippen LogP contribution in [0.5, 0.6) is 0 Å². The van der Waals surface area contributed by atoms with Gasteiger partial charge in [0.05, 0.1) is 12.2 Å². The number of ether oxygens (including phenoxy) is 1. The van der Waals surface area contributed by atoms with Crippen molar-refractivity contribution in [2.75, 3.05) is 0 Å². The lowest BCUT2D eigenvalue weighted by molar-refractivity contribution is -0.0152. The van der Waals surface area contributed by atoms with Gasteiger partial charge in [0.2, 0.25) is 0 Å². The zero-order chi connectivity index (χ0) is 9.90. The first-order valence-corrected chi connectivity index (χ1v) is 4.52. The Hall–Kier alpha value is -0.890. The fourth-order valence-corrected chi connectivity index (χ4v) is 0.942. The average molecular weight is 179 g/mol. The quantitative estimate of drug-likeness (QED) is 0.696. The van der Waals surface area contributed by atoms with E-state index in [-0.39, 0.29) is 5.60 Å². The summed E-state index contributed by atoms with van der Waals surface area (Å²) in [7, 11) is 0. The third kappa shape index (κ3) is 3.55. The van der Waals surface area contributed by atoms with Gasteiger partial charge < -0.3 is 4.74 Å². The van der Waals surface area contributed by atoms with Crippen molar-refractivity contribution in [3.05, 3.63) is 29.6 Å². The molecule has 0 saturated carbocycles. The van der Waals surface area contributed by atoms with Crippen LogP contribution in [0.15, 0.2) is 18.5 Å². The van der Waals surface area contributed by atoms with E-state index in [4.69, 9.17) is 4.74 Å². The summed E-state index contributed by atoms with van der Waals surface area (Å²) in [5, 5.41) is 0. The number of nitrogens with zero attached hydrogens (tertiary/aromatic N) is 1. The number of hydrogen-bond acceptors (Lipinski definition) is 2. The molecule has 0 bridgehead atoms. The van der Waals surface area contributed by atoms with E-state index in [2.05, 4.69) is 32.7 Å². The van der Waals surface area contributed by atoms with Crippen LogP contribution in [-0.4, -0.2) is 10.6 Å². The molecule has 72 valence electrons. The molecule has 0 radical (unpaired) electrons. The minimum atomic E-state index is -0.0811. The normalized spacial score (nSPS) is 11.7. The lowest BCUT2D eigenvalue weighted by Gasteiger charge is -2.19. The third-order valence-electron chi connectivity index (χ3n) is 1.81. The molecule has 13 heavy (non-hydrogen) atoms. The fraction of sp³-hybridized carbons (Fsp3) is 0.545. The monoisotopic (exact) mass is 179 g/mol. The molecule has 2 heteroatoms. The van der Waals surface area contributed by atoms with Gasteiger partial charge in [-0.15, -0.1) is 0 Å². The third-order valence-corrected chi connectivity index (χ3v) is 1.81. The standard InChI is InChI=1S/C11H17NO/c1-9-5-6-12-7-10(9)8-13-11(2,3)4/h5-7H,8H2,1-4H3. The number of aryl methyl sites for hydroxylation is 1. The van der Waals surface area contributed by atoms with Gasteiger partial charge >= 0.3 is 0 Å². The van der Waals surface area contributed by atoms with E-state index in [1.54, 1.807) is 6.20 Å². The summed E-state index contributed by atoms with van der Waals surface area (Å²) in [5.41, 5.74) is 2.32. The van der Waals surface area contributed by atoms with E-state index in [0.29, 0.717) is 6.61 Å². The molecule has 0 spiro atoms. The van der Waals surface area contributed by atoms with Crippen molar-refractivity contribution in [1.29, 1.82) is 0 Å². The highest BCUT2D eigenvalue weighted by Crippen LogP contribution is 2.13. The van der Waals surface area contributed by atoms with Crippen LogP contribution in [-0.2, 0) is 11.3 Å². The highest BCUT2D eigenvalue weighted by Gasteiger charge is 2.10. The van der Waals surface area contributed by atoms with E-state index in [1.807, 2.05) is 12.3 Å². The minimum absolute atomic E-state index is 0.0811. The van der Waals surface area contributed by atoms with Gasteiger partial charge in [-0.1, -0.05) is 0 Å². The molecule has 0 aliphatic heterocycles.